The first-order chi connectivity index (χ1) is 13.3. The number of hydrogen-bond donors (Lipinski definition) is 2. The standard InChI is InChI=1S/C17H22ClN5O3S2/c1-22-15(20-21-17(22)27)11-19-16(24)12-6-7-13(18)14(10-12)28(25,26)23-8-4-2-3-5-9-23/h6-7,10H,2-5,8-9,11H2,1H3,(H,19,24)(H,21,27). The molecule has 0 radical (unpaired) electrons. The maximum Gasteiger partial charge on any atom is 0.251 e. The zero-order valence-electron chi connectivity index (χ0n) is 15.4. The Morgan fingerprint density at radius 2 is 1.96 bits per heavy atom. The number of amides is 1. The van der Waals surface area contributed by atoms with Crippen molar-refractivity contribution in [3.05, 3.63) is 39.4 Å². The third-order valence-electron chi connectivity index (χ3n) is 4.76. The molecular formula is C17H22ClN5O3S2. The van der Waals surface area contributed by atoms with Gasteiger partial charge in [-0.2, -0.15) is 9.40 Å². The predicted molar refractivity (Wildman–Crippen MR) is 108 cm³/mol. The Kier molecular flexibility index (Phi) is 6.54. The highest BCUT2D eigenvalue weighted by atomic mass is 35.5. The molecule has 0 bridgehead atoms. The van der Waals surface area contributed by atoms with Gasteiger partial charge in [0.05, 0.1) is 11.6 Å². The lowest BCUT2D eigenvalue weighted by atomic mass is 10.2. The summed E-state index contributed by atoms with van der Waals surface area (Å²) in [5.74, 6) is 0.141. The summed E-state index contributed by atoms with van der Waals surface area (Å²) in [6.07, 6.45) is 3.67. The maximum absolute atomic E-state index is 13.0. The predicted octanol–water partition coefficient (Wildman–Crippen LogP) is 2.63. The number of halogens is 1. The van der Waals surface area contributed by atoms with Crippen molar-refractivity contribution in [3.8, 4) is 0 Å². The molecule has 0 aliphatic carbocycles. The molecule has 28 heavy (non-hydrogen) atoms. The Labute approximate surface area is 173 Å². The highest BCUT2D eigenvalue weighted by molar-refractivity contribution is 7.89. The van der Waals surface area contributed by atoms with E-state index in [9.17, 15) is 13.2 Å². The van der Waals surface area contributed by atoms with Crippen LogP contribution in [0, 0.1) is 4.77 Å². The van der Waals surface area contributed by atoms with Crippen molar-refractivity contribution in [2.75, 3.05) is 13.1 Å². The van der Waals surface area contributed by atoms with Crippen molar-refractivity contribution in [1.29, 1.82) is 0 Å². The van der Waals surface area contributed by atoms with Crippen molar-refractivity contribution >= 4 is 39.7 Å². The Bertz CT molecular complexity index is 1020. The Morgan fingerprint density at radius 1 is 1.29 bits per heavy atom. The summed E-state index contributed by atoms with van der Waals surface area (Å²) in [5.41, 5.74) is 0.217. The zero-order chi connectivity index (χ0) is 20.3. The molecule has 2 heterocycles. The van der Waals surface area contributed by atoms with Gasteiger partial charge in [-0.25, -0.2) is 8.42 Å². The van der Waals surface area contributed by atoms with E-state index in [0.29, 0.717) is 23.7 Å². The van der Waals surface area contributed by atoms with Crippen LogP contribution >= 0.6 is 23.8 Å². The summed E-state index contributed by atoms with van der Waals surface area (Å²) in [5, 5.41) is 9.49. The number of nitrogens with zero attached hydrogens (tertiary/aromatic N) is 3. The van der Waals surface area contributed by atoms with E-state index < -0.39 is 15.9 Å². The van der Waals surface area contributed by atoms with Crippen LogP contribution in [0.1, 0.15) is 41.9 Å². The van der Waals surface area contributed by atoms with Gasteiger partial charge in [0.2, 0.25) is 10.0 Å². The number of rotatable bonds is 5. The maximum atomic E-state index is 13.0. The minimum Gasteiger partial charge on any atom is -0.345 e. The first-order valence-corrected chi connectivity index (χ1v) is 11.2. The number of carbonyl (C=O) groups excluding carboxylic acids is 1. The normalized spacial score (nSPS) is 15.9. The fraction of sp³-hybridized carbons (Fsp3) is 0.471. The molecule has 1 amide bonds. The van der Waals surface area contributed by atoms with Crippen LogP contribution in [0.4, 0.5) is 0 Å². The van der Waals surface area contributed by atoms with E-state index in [-0.39, 0.29) is 22.0 Å². The molecule has 0 saturated carbocycles. The molecule has 1 aromatic heterocycles. The van der Waals surface area contributed by atoms with Crippen molar-refractivity contribution < 1.29 is 13.2 Å². The topological polar surface area (TPSA) is 100 Å². The molecule has 11 heteroatoms. The van der Waals surface area contributed by atoms with Gasteiger partial charge in [-0.05, 0) is 43.3 Å². The third-order valence-corrected chi connectivity index (χ3v) is 7.50. The van der Waals surface area contributed by atoms with Crippen LogP contribution in [0.15, 0.2) is 23.1 Å². The number of aromatic amines is 1. The van der Waals surface area contributed by atoms with E-state index in [1.807, 2.05) is 0 Å². The van der Waals surface area contributed by atoms with Gasteiger partial charge >= 0.3 is 0 Å². The second-order valence-corrected chi connectivity index (χ2v) is 9.35. The molecule has 1 fully saturated rings. The molecule has 3 rings (SSSR count). The number of hydrogen-bond acceptors (Lipinski definition) is 5. The Hall–Kier alpha value is -1.75. The van der Waals surface area contributed by atoms with Gasteiger partial charge in [0, 0.05) is 25.7 Å². The van der Waals surface area contributed by atoms with Gasteiger partial charge in [0.1, 0.15) is 4.90 Å². The van der Waals surface area contributed by atoms with Gasteiger partial charge < -0.3 is 9.88 Å². The van der Waals surface area contributed by atoms with Crippen LogP contribution in [0.3, 0.4) is 0 Å². The van der Waals surface area contributed by atoms with Gasteiger partial charge in [0.25, 0.3) is 5.91 Å². The first-order valence-electron chi connectivity index (χ1n) is 8.99. The molecule has 2 N–H and O–H groups in total. The van der Waals surface area contributed by atoms with Gasteiger partial charge in [-0.1, -0.05) is 24.4 Å². The van der Waals surface area contributed by atoms with Gasteiger partial charge in [-0.15, -0.1) is 0 Å². The number of carbonyl (C=O) groups is 1. The molecule has 152 valence electrons. The van der Waals surface area contributed by atoms with Crippen molar-refractivity contribution in [2.45, 2.75) is 37.1 Å². The minimum absolute atomic E-state index is 0.0399. The number of aromatic nitrogens is 3. The first kappa shape index (κ1) is 21.0. The van der Waals surface area contributed by atoms with E-state index in [2.05, 4.69) is 15.5 Å². The molecule has 0 atom stereocenters. The largest absolute Gasteiger partial charge is 0.345 e. The van der Waals surface area contributed by atoms with Crippen LogP contribution in [-0.4, -0.2) is 46.5 Å². The van der Waals surface area contributed by atoms with Crippen molar-refractivity contribution in [1.82, 2.24) is 24.4 Å². The molecule has 0 unspecified atom stereocenters. The van der Waals surface area contributed by atoms with Crippen molar-refractivity contribution in [3.63, 3.8) is 0 Å². The molecule has 8 nitrogen and oxygen atoms in total. The second-order valence-electron chi connectivity index (χ2n) is 6.65. The lowest BCUT2D eigenvalue weighted by molar-refractivity contribution is 0.0949. The number of nitrogens with one attached hydrogen (secondary N) is 2. The molecule has 0 spiro atoms. The van der Waals surface area contributed by atoms with Crippen LogP contribution < -0.4 is 5.32 Å². The van der Waals surface area contributed by atoms with Gasteiger partial charge in [0.15, 0.2) is 10.6 Å². The highest BCUT2D eigenvalue weighted by Crippen LogP contribution is 2.27. The fourth-order valence-electron chi connectivity index (χ4n) is 3.06. The average molecular weight is 444 g/mol. The Morgan fingerprint density at radius 3 is 2.57 bits per heavy atom. The summed E-state index contributed by atoms with van der Waals surface area (Å²) in [6, 6.07) is 4.28. The van der Waals surface area contributed by atoms with Crippen LogP contribution in [0.2, 0.25) is 5.02 Å². The van der Waals surface area contributed by atoms with E-state index in [4.69, 9.17) is 23.8 Å². The van der Waals surface area contributed by atoms with Gasteiger partial charge in [-0.3, -0.25) is 9.89 Å². The number of benzene rings is 1. The quantitative estimate of drug-likeness (QED) is 0.692. The average Bonchev–Trinajstić information content (AvgIpc) is 2.88. The van der Waals surface area contributed by atoms with Crippen LogP contribution in [-0.2, 0) is 23.6 Å². The van der Waals surface area contributed by atoms with Crippen LogP contribution in [0.5, 0.6) is 0 Å². The lowest BCUT2D eigenvalue weighted by Crippen LogP contribution is -2.32. The SMILES string of the molecule is Cn1c(CNC(=O)c2ccc(Cl)c(S(=O)(=O)N3CCCCCC3)c2)n[nH]c1=S. The lowest BCUT2D eigenvalue weighted by Gasteiger charge is -2.21. The second kappa shape index (κ2) is 8.73. The van der Waals surface area contributed by atoms with E-state index >= 15 is 0 Å². The molecular weight excluding hydrogens is 422 g/mol. The van der Waals surface area contributed by atoms with Crippen LogP contribution in [0.25, 0.3) is 0 Å². The van der Waals surface area contributed by atoms with E-state index in [1.165, 1.54) is 22.5 Å². The summed E-state index contributed by atoms with van der Waals surface area (Å²) >= 11 is 11.2. The van der Waals surface area contributed by atoms with E-state index in [1.54, 1.807) is 11.6 Å². The number of sulfonamides is 1. The smallest absolute Gasteiger partial charge is 0.251 e. The minimum atomic E-state index is -3.76. The number of H-pyrrole nitrogens is 1. The van der Waals surface area contributed by atoms with Crippen molar-refractivity contribution in [2.24, 2.45) is 7.05 Å². The molecule has 1 saturated heterocycles. The molecule has 1 aromatic carbocycles. The molecule has 1 aliphatic heterocycles. The monoisotopic (exact) mass is 443 g/mol. The summed E-state index contributed by atoms with van der Waals surface area (Å²) in [4.78, 5) is 12.5. The summed E-state index contributed by atoms with van der Waals surface area (Å²) in [6.45, 7) is 1.08. The highest BCUT2D eigenvalue weighted by Gasteiger charge is 2.28. The molecule has 2 aromatic rings. The molecule has 1 aliphatic rings. The summed E-state index contributed by atoms with van der Waals surface area (Å²) < 4.78 is 29.6. The Balaban J connectivity index is 1.81. The third kappa shape index (κ3) is 4.45. The fourth-order valence-corrected chi connectivity index (χ4v) is 5.23. The summed E-state index contributed by atoms with van der Waals surface area (Å²) in [7, 11) is -2.02. The van der Waals surface area contributed by atoms with E-state index in [0.717, 1.165) is 25.7 Å². The zero-order valence-corrected chi connectivity index (χ0v) is 17.8.